The Kier molecular flexibility index (Phi) is 6.29. The quantitative estimate of drug-likeness (QED) is 0.468. The summed E-state index contributed by atoms with van der Waals surface area (Å²) in [4.78, 5) is 16.8. The molecule has 7 heteroatoms. The lowest BCUT2D eigenvalue weighted by Crippen LogP contribution is -2.09. The molecule has 3 aromatic rings. The van der Waals surface area contributed by atoms with Crippen molar-refractivity contribution >= 4 is 52.3 Å². The lowest BCUT2D eigenvalue weighted by molar-refractivity contribution is 0.0527. The van der Waals surface area contributed by atoms with Gasteiger partial charge in [-0.05, 0) is 55.8 Å². The summed E-state index contributed by atoms with van der Waals surface area (Å²) >= 11 is 6.21. The standard InChI is InChI=1S/C19H17ClN2O3.ClH/c1-3-25-19(24)16-10-21-17-11(2)8-12(20)9-15(17)18(16)22-13-4-6-14(23)7-5-13;/h4-10,23H,3H2,1-2H3,(H,21,22);1H. The molecule has 0 aliphatic carbocycles. The number of hydrogen-bond acceptors (Lipinski definition) is 5. The number of phenolic OH excluding ortho intramolecular Hbond substituents is 1. The zero-order chi connectivity index (χ0) is 18.0. The van der Waals surface area contributed by atoms with Crippen LogP contribution in [0.4, 0.5) is 11.4 Å². The van der Waals surface area contributed by atoms with Crippen LogP contribution in [0.25, 0.3) is 10.9 Å². The topological polar surface area (TPSA) is 71.5 Å². The summed E-state index contributed by atoms with van der Waals surface area (Å²) in [6, 6.07) is 10.2. The van der Waals surface area contributed by atoms with Crippen LogP contribution in [-0.4, -0.2) is 22.7 Å². The number of aryl methyl sites for hydroxylation is 1. The summed E-state index contributed by atoms with van der Waals surface area (Å²) in [6.07, 6.45) is 1.50. The van der Waals surface area contributed by atoms with Gasteiger partial charge >= 0.3 is 5.97 Å². The number of fused-ring (bicyclic) bond motifs is 1. The van der Waals surface area contributed by atoms with Crippen molar-refractivity contribution in [3.63, 3.8) is 0 Å². The molecule has 0 unspecified atom stereocenters. The van der Waals surface area contributed by atoms with Crippen LogP contribution < -0.4 is 5.32 Å². The van der Waals surface area contributed by atoms with E-state index in [2.05, 4.69) is 10.3 Å². The van der Waals surface area contributed by atoms with Crippen LogP contribution in [0.1, 0.15) is 22.8 Å². The number of ether oxygens (including phenoxy) is 1. The largest absolute Gasteiger partial charge is 0.508 e. The van der Waals surface area contributed by atoms with E-state index in [0.29, 0.717) is 22.0 Å². The number of halogens is 2. The number of rotatable bonds is 4. The predicted octanol–water partition coefficient (Wildman–Crippen LogP) is 5.24. The molecule has 0 spiro atoms. The molecule has 0 aliphatic rings. The summed E-state index contributed by atoms with van der Waals surface area (Å²) in [5, 5.41) is 14.0. The van der Waals surface area contributed by atoms with Gasteiger partial charge in [-0.1, -0.05) is 11.6 Å². The minimum atomic E-state index is -0.462. The second kappa shape index (κ2) is 8.25. The molecule has 0 radical (unpaired) electrons. The smallest absolute Gasteiger partial charge is 0.341 e. The molecule has 136 valence electrons. The maximum atomic E-state index is 12.3. The van der Waals surface area contributed by atoms with Gasteiger partial charge in [0.1, 0.15) is 11.3 Å². The Bertz CT molecular complexity index is 944. The van der Waals surface area contributed by atoms with Crippen molar-refractivity contribution in [2.45, 2.75) is 13.8 Å². The third-order valence-corrected chi connectivity index (χ3v) is 3.98. The fraction of sp³-hybridized carbons (Fsp3) is 0.158. The Hall–Kier alpha value is -2.50. The summed E-state index contributed by atoms with van der Waals surface area (Å²) in [6.45, 7) is 3.93. The highest BCUT2D eigenvalue weighted by Crippen LogP contribution is 2.33. The van der Waals surface area contributed by atoms with Gasteiger partial charge in [-0.3, -0.25) is 4.98 Å². The lowest BCUT2D eigenvalue weighted by atomic mass is 10.1. The number of carbonyl (C=O) groups excluding carboxylic acids is 1. The van der Waals surface area contributed by atoms with E-state index in [-0.39, 0.29) is 24.8 Å². The molecule has 0 amide bonds. The molecular weight excluding hydrogens is 375 g/mol. The average molecular weight is 393 g/mol. The maximum absolute atomic E-state index is 12.3. The number of phenols is 1. The van der Waals surface area contributed by atoms with Crippen LogP contribution in [0, 0.1) is 6.92 Å². The molecule has 3 rings (SSSR count). The normalized spacial score (nSPS) is 10.3. The summed E-state index contributed by atoms with van der Waals surface area (Å²) < 4.78 is 5.14. The van der Waals surface area contributed by atoms with Gasteiger partial charge in [-0.25, -0.2) is 4.79 Å². The van der Waals surface area contributed by atoms with Gasteiger partial charge in [0.15, 0.2) is 0 Å². The highest BCUT2D eigenvalue weighted by atomic mass is 35.5. The average Bonchev–Trinajstić information content (AvgIpc) is 2.57. The van der Waals surface area contributed by atoms with Crippen LogP contribution in [0.3, 0.4) is 0 Å². The van der Waals surface area contributed by atoms with E-state index in [1.54, 1.807) is 37.3 Å². The number of hydrogen-bond donors (Lipinski definition) is 2. The fourth-order valence-corrected chi connectivity index (χ4v) is 2.90. The first-order valence-electron chi connectivity index (χ1n) is 7.81. The van der Waals surface area contributed by atoms with Gasteiger partial charge in [-0.15, -0.1) is 12.4 Å². The highest BCUT2D eigenvalue weighted by Gasteiger charge is 2.18. The number of benzene rings is 2. The Morgan fingerprint density at radius 3 is 2.62 bits per heavy atom. The van der Waals surface area contributed by atoms with E-state index >= 15 is 0 Å². The van der Waals surface area contributed by atoms with E-state index in [1.165, 1.54) is 6.20 Å². The highest BCUT2D eigenvalue weighted by molar-refractivity contribution is 6.31. The molecule has 2 N–H and O–H groups in total. The SMILES string of the molecule is CCOC(=O)c1cnc2c(C)cc(Cl)cc2c1Nc1ccc(O)cc1.Cl. The van der Waals surface area contributed by atoms with Crippen molar-refractivity contribution in [2.24, 2.45) is 0 Å². The number of nitrogens with zero attached hydrogens (tertiary/aromatic N) is 1. The molecule has 0 saturated carbocycles. The Labute approximate surface area is 162 Å². The second-order valence-corrected chi connectivity index (χ2v) is 5.99. The number of nitrogens with one attached hydrogen (secondary N) is 1. The van der Waals surface area contributed by atoms with Crippen LogP contribution in [0.5, 0.6) is 5.75 Å². The summed E-state index contributed by atoms with van der Waals surface area (Å²) in [5.41, 5.74) is 3.27. The first kappa shape index (κ1) is 19.8. The van der Waals surface area contributed by atoms with Gasteiger partial charge in [0.2, 0.25) is 0 Å². The zero-order valence-electron chi connectivity index (χ0n) is 14.2. The fourth-order valence-electron chi connectivity index (χ4n) is 2.62. The number of carbonyl (C=O) groups is 1. The number of pyridine rings is 1. The van der Waals surface area contributed by atoms with Crippen molar-refractivity contribution in [3.8, 4) is 5.75 Å². The third kappa shape index (κ3) is 4.00. The van der Waals surface area contributed by atoms with Crippen LogP contribution in [-0.2, 0) is 4.74 Å². The number of esters is 1. The molecule has 2 aromatic carbocycles. The number of anilines is 2. The summed E-state index contributed by atoms with van der Waals surface area (Å²) in [5.74, 6) is -0.301. The number of aromatic hydroxyl groups is 1. The van der Waals surface area contributed by atoms with Crippen molar-refractivity contribution in [3.05, 3.63) is 58.7 Å². The molecule has 0 bridgehead atoms. The van der Waals surface area contributed by atoms with Crippen LogP contribution in [0.15, 0.2) is 42.6 Å². The maximum Gasteiger partial charge on any atom is 0.341 e. The molecule has 0 atom stereocenters. The second-order valence-electron chi connectivity index (χ2n) is 5.56. The molecule has 5 nitrogen and oxygen atoms in total. The van der Waals surface area contributed by atoms with E-state index in [1.807, 2.05) is 13.0 Å². The Morgan fingerprint density at radius 1 is 1.27 bits per heavy atom. The van der Waals surface area contributed by atoms with E-state index in [4.69, 9.17) is 16.3 Å². The molecule has 0 saturated heterocycles. The van der Waals surface area contributed by atoms with Crippen molar-refractivity contribution in [1.82, 2.24) is 4.98 Å². The Morgan fingerprint density at radius 2 is 1.96 bits per heavy atom. The zero-order valence-corrected chi connectivity index (χ0v) is 15.8. The van der Waals surface area contributed by atoms with Gasteiger partial charge in [-0.2, -0.15) is 0 Å². The molecular formula is C19H18Cl2N2O3. The summed E-state index contributed by atoms with van der Waals surface area (Å²) in [7, 11) is 0. The first-order chi connectivity index (χ1) is 12.0. The van der Waals surface area contributed by atoms with E-state index in [0.717, 1.165) is 16.5 Å². The van der Waals surface area contributed by atoms with Gasteiger partial charge in [0, 0.05) is 22.3 Å². The van der Waals surface area contributed by atoms with Crippen LogP contribution >= 0.6 is 24.0 Å². The van der Waals surface area contributed by atoms with Gasteiger partial charge in [0.25, 0.3) is 0 Å². The monoisotopic (exact) mass is 392 g/mol. The molecule has 0 fully saturated rings. The first-order valence-corrected chi connectivity index (χ1v) is 8.19. The lowest BCUT2D eigenvalue weighted by Gasteiger charge is -2.15. The van der Waals surface area contributed by atoms with Crippen molar-refractivity contribution < 1.29 is 14.6 Å². The minimum Gasteiger partial charge on any atom is -0.508 e. The molecule has 0 aliphatic heterocycles. The minimum absolute atomic E-state index is 0. The molecule has 1 heterocycles. The Balaban J connectivity index is 0.00000243. The van der Waals surface area contributed by atoms with E-state index < -0.39 is 5.97 Å². The predicted molar refractivity (Wildman–Crippen MR) is 106 cm³/mol. The van der Waals surface area contributed by atoms with E-state index in [9.17, 15) is 9.90 Å². The van der Waals surface area contributed by atoms with Gasteiger partial charge in [0.05, 0.1) is 17.8 Å². The van der Waals surface area contributed by atoms with Crippen molar-refractivity contribution in [1.29, 1.82) is 0 Å². The number of aromatic nitrogens is 1. The van der Waals surface area contributed by atoms with Gasteiger partial charge < -0.3 is 15.2 Å². The third-order valence-electron chi connectivity index (χ3n) is 3.76. The molecule has 26 heavy (non-hydrogen) atoms. The van der Waals surface area contributed by atoms with Crippen LogP contribution in [0.2, 0.25) is 5.02 Å². The van der Waals surface area contributed by atoms with Crippen molar-refractivity contribution in [2.75, 3.05) is 11.9 Å². The molecule has 1 aromatic heterocycles.